The first-order valence-corrected chi connectivity index (χ1v) is 8.86. The summed E-state index contributed by atoms with van der Waals surface area (Å²) in [7, 11) is 1.32. The number of fused-ring (bicyclic) bond motifs is 1. The molecule has 0 fully saturated rings. The van der Waals surface area contributed by atoms with E-state index in [9.17, 15) is 9.59 Å². The average molecular weight is 371 g/mol. The number of methoxy groups -OCH3 is 1. The maximum atomic E-state index is 12.5. The van der Waals surface area contributed by atoms with Crippen LogP contribution in [0.15, 0.2) is 52.2 Å². The van der Waals surface area contributed by atoms with Crippen LogP contribution in [0.25, 0.3) is 11.2 Å². The Kier molecular flexibility index (Phi) is 5.52. The number of esters is 1. The van der Waals surface area contributed by atoms with Gasteiger partial charge in [-0.3, -0.25) is 4.79 Å². The van der Waals surface area contributed by atoms with Crippen LogP contribution in [0, 0.1) is 0 Å². The van der Waals surface area contributed by atoms with E-state index in [2.05, 4.69) is 20.0 Å². The summed E-state index contributed by atoms with van der Waals surface area (Å²) in [6, 6.07) is 10.1. The smallest absolute Gasteiger partial charge is 0.337 e. The molecule has 26 heavy (non-hydrogen) atoms. The molecule has 0 saturated heterocycles. The summed E-state index contributed by atoms with van der Waals surface area (Å²) in [5, 5.41) is 2.87. The van der Waals surface area contributed by atoms with Crippen LogP contribution in [0.5, 0.6) is 0 Å². The first kappa shape index (κ1) is 17.9. The summed E-state index contributed by atoms with van der Waals surface area (Å²) < 4.78 is 10.3. The lowest BCUT2D eigenvalue weighted by Crippen LogP contribution is -2.24. The highest BCUT2D eigenvalue weighted by Gasteiger charge is 2.21. The highest BCUT2D eigenvalue weighted by molar-refractivity contribution is 8.00. The van der Waals surface area contributed by atoms with E-state index in [1.165, 1.54) is 18.9 Å². The maximum absolute atomic E-state index is 12.5. The second kappa shape index (κ2) is 8.01. The third-order valence-corrected chi connectivity index (χ3v) is 4.83. The number of pyridine rings is 1. The van der Waals surface area contributed by atoms with Crippen molar-refractivity contribution < 1.29 is 18.7 Å². The van der Waals surface area contributed by atoms with E-state index in [0.29, 0.717) is 34.1 Å². The van der Waals surface area contributed by atoms with Gasteiger partial charge in [0.2, 0.25) is 5.91 Å². The van der Waals surface area contributed by atoms with Crippen LogP contribution in [0.3, 0.4) is 0 Å². The molecular formula is C18H17N3O4S. The van der Waals surface area contributed by atoms with Crippen molar-refractivity contribution in [2.24, 2.45) is 0 Å². The summed E-state index contributed by atoms with van der Waals surface area (Å²) in [5.41, 5.74) is 2.12. The molecule has 0 aliphatic heterocycles. The van der Waals surface area contributed by atoms with Gasteiger partial charge in [0.25, 0.3) is 5.22 Å². The quantitative estimate of drug-likeness (QED) is 0.523. The van der Waals surface area contributed by atoms with Crippen molar-refractivity contribution >= 4 is 40.6 Å². The maximum Gasteiger partial charge on any atom is 0.337 e. The third-order valence-electron chi connectivity index (χ3n) is 3.63. The number of rotatable bonds is 6. The summed E-state index contributed by atoms with van der Waals surface area (Å²) in [5.74, 6) is -0.590. The monoisotopic (exact) mass is 371 g/mol. The van der Waals surface area contributed by atoms with E-state index in [1.54, 1.807) is 42.6 Å². The van der Waals surface area contributed by atoms with Crippen molar-refractivity contribution in [3.63, 3.8) is 0 Å². The van der Waals surface area contributed by atoms with Crippen molar-refractivity contribution in [1.82, 2.24) is 9.97 Å². The Balaban J connectivity index is 1.67. The first-order valence-electron chi connectivity index (χ1n) is 7.98. The Morgan fingerprint density at radius 3 is 2.69 bits per heavy atom. The average Bonchev–Trinajstić information content (AvgIpc) is 3.08. The fourth-order valence-electron chi connectivity index (χ4n) is 2.27. The lowest BCUT2D eigenvalue weighted by molar-refractivity contribution is -0.115. The second-order valence-corrected chi connectivity index (χ2v) is 6.53. The third kappa shape index (κ3) is 4.02. The molecule has 0 radical (unpaired) electrons. The van der Waals surface area contributed by atoms with E-state index in [4.69, 9.17) is 4.42 Å². The number of ether oxygens (including phenoxy) is 1. The predicted molar refractivity (Wildman–Crippen MR) is 98.2 cm³/mol. The van der Waals surface area contributed by atoms with E-state index in [1.807, 2.05) is 6.92 Å². The van der Waals surface area contributed by atoms with Gasteiger partial charge in [0.15, 0.2) is 11.2 Å². The number of oxazole rings is 1. The lowest BCUT2D eigenvalue weighted by atomic mass is 10.2. The Morgan fingerprint density at radius 2 is 2.04 bits per heavy atom. The number of aromatic nitrogens is 2. The molecule has 0 aliphatic rings. The van der Waals surface area contributed by atoms with Crippen LogP contribution in [-0.2, 0) is 9.53 Å². The topological polar surface area (TPSA) is 94.3 Å². The number of hydrogen-bond acceptors (Lipinski definition) is 7. The van der Waals surface area contributed by atoms with Crippen molar-refractivity contribution in [3.8, 4) is 0 Å². The molecule has 0 spiro atoms. The lowest BCUT2D eigenvalue weighted by Gasteiger charge is -2.13. The minimum Gasteiger partial charge on any atom is -0.465 e. The zero-order valence-electron chi connectivity index (χ0n) is 14.3. The highest BCUT2D eigenvalue weighted by Crippen LogP contribution is 2.28. The number of thioether (sulfide) groups is 1. The molecule has 1 aromatic carbocycles. The minimum atomic E-state index is -0.422. The molecule has 2 aromatic heterocycles. The van der Waals surface area contributed by atoms with Crippen molar-refractivity contribution in [2.45, 2.75) is 23.8 Å². The van der Waals surface area contributed by atoms with Crippen molar-refractivity contribution in [3.05, 3.63) is 48.2 Å². The van der Waals surface area contributed by atoms with E-state index >= 15 is 0 Å². The molecule has 1 N–H and O–H groups in total. The predicted octanol–water partition coefficient (Wildman–Crippen LogP) is 3.52. The molecule has 3 aromatic rings. The molecule has 1 atom stereocenters. The molecule has 2 heterocycles. The Labute approximate surface area is 154 Å². The first-order chi connectivity index (χ1) is 12.6. The van der Waals surface area contributed by atoms with Crippen molar-refractivity contribution in [1.29, 1.82) is 0 Å². The van der Waals surface area contributed by atoms with Gasteiger partial charge < -0.3 is 14.5 Å². The van der Waals surface area contributed by atoms with Crippen LogP contribution < -0.4 is 5.32 Å². The van der Waals surface area contributed by atoms with E-state index in [-0.39, 0.29) is 11.2 Å². The Bertz CT molecular complexity index is 891. The van der Waals surface area contributed by atoms with Crippen molar-refractivity contribution in [2.75, 3.05) is 12.4 Å². The van der Waals surface area contributed by atoms with Gasteiger partial charge in [-0.1, -0.05) is 18.7 Å². The summed E-state index contributed by atoms with van der Waals surface area (Å²) in [4.78, 5) is 32.4. The number of anilines is 1. The van der Waals surface area contributed by atoms with Crippen LogP contribution in [0.1, 0.15) is 23.7 Å². The molecule has 8 heteroatoms. The van der Waals surface area contributed by atoms with Crippen LogP contribution in [0.2, 0.25) is 0 Å². The number of hydrogen-bond donors (Lipinski definition) is 1. The second-order valence-electron chi connectivity index (χ2n) is 5.38. The van der Waals surface area contributed by atoms with Gasteiger partial charge in [0.1, 0.15) is 0 Å². The zero-order valence-corrected chi connectivity index (χ0v) is 15.1. The molecule has 3 rings (SSSR count). The number of nitrogens with one attached hydrogen (secondary N) is 1. The molecule has 0 aliphatic carbocycles. The number of nitrogens with zero attached hydrogens (tertiary/aromatic N) is 2. The number of amides is 1. The fraction of sp³-hybridized carbons (Fsp3) is 0.222. The largest absolute Gasteiger partial charge is 0.465 e. The van der Waals surface area contributed by atoms with Gasteiger partial charge >= 0.3 is 5.97 Å². The van der Waals surface area contributed by atoms with Gasteiger partial charge in [-0.15, -0.1) is 0 Å². The standard InChI is InChI=1S/C18H17N3O4S/c1-3-14(26-18-21-15-13(25-18)5-4-10-19-15)16(22)20-12-8-6-11(7-9-12)17(23)24-2/h4-10,14H,3H2,1-2H3,(H,20,22)/t14-/m1/s1. The van der Waals surface area contributed by atoms with Gasteiger partial charge in [-0.2, -0.15) is 4.98 Å². The Hall–Kier alpha value is -2.87. The summed E-state index contributed by atoms with van der Waals surface area (Å²) in [6.45, 7) is 1.92. The van der Waals surface area contributed by atoms with Gasteiger partial charge in [0, 0.05) is 11.9 Å². The zero-order chi connectivity index (χ0) is 18.5. The number of benzene rings is 1. The van der Waals surface area contributed by atoms with E-state index < -0.39 is 5.97 Å². The van der Waals surface area contributed by atoms with Gasteiger partial charge in [0.05, 0.1) is 17.9 Å². The van der Waals surface area contributed by atoms with Crippen LogP contribution in [-0.4, -0.2) is 34.2 Å². The number of carbonyl (C=O) groups excluding carboxylic acids is 2. The molecule has 0 saturated carbocycles. The normalized spacial score (nSPS) is 11.9. The van der Waals surface area contributed by atoms with Crippen LogP contribution in [0.4, 0.5) is 5.69 Å². The van der Waals surface area contributed by atoms with Crippen LogP contribution >= 0.6 is 11.8 Å². The molecule has 7 nitrogen and oxygen atoms in total. The van der Waals surface area contributed by atoms with Gasteiger partial charge in [-0.25, -0.2) is 9.78 Å². The molecule has 134 valence electrons. The molecule has 0 unspecified atom stereocenters. The fourth-order valence-corrected chi connectivity index (χ4v) is 3.13. The summed E-state index contributed by atoms with van der Waals surface area (Å²) >= 11 is 1.25. The minimum absolute atomic E-state index is 0.168. The highest BCUT2D eigenvalue weighted by atomic mass is 32.2. The SMILES string of the molecule is CC[C@@H](Sc1nc2ncccc2o1)C(=O)Nc1ccc(C(=O)OC)cc1. The molecule has 1 amide bonds. The number of carbonyl (C=O) groups is 2. The Morgan fingerprint density at radius 1 is 1.27 bits per heavy atom. The van der Waals surface area contributed by atoms with E-state index in [0.717, 1.165) is 0 Å². The molecular weight excluding hydrogens is 354 g/mol. The summed E-state index contributed by atoms with van der Waals surface area (Å²) in [6.07, 6.45) is 2.24. The van der Waals surface area contributed by atoms with Gasteiger partial charge in [-0.05, 0) is 42.8 Å². The molecule has 0 bridgehead atoms.